The molecule has 0 aliphatic carbocycles. The molecule has 1 heterocycles. The molecule has 30 heavy (non-hydrogen) atoms. The number of rotatable bonds is 5. The Morgan fingerprint density at radius 2 is 1.80 bits per heavy atom. The Labute approximate surface area is 177 Å². The highest BCUT2D eigenvalue weighted by atomic mass is 79.9. The van der Waals surface area contributed by atoms with E-state index in [1.165, 1.54) is 30.5 Å². The highest BCUT2D eigenvalue weighted by molar-refractivity contribution is 9.10. The molecule has 0 aliphatic heterocycles. The number of carbonyl (C=O) groups excluding carboxylic acids is 2. The number of hydrogen-bond acceptors (Lipinski definition) is 3. The third-order valence-electron chi connectivity index (χ3n) is 3.86. The first-order valence-electron chi connectivity index (χ1n) is 8.53. The lowest BCUT2D eigenvalue weighted by Gasteiger charge is -2.15. The van der Waals surface area contributed by atoms with E-state index in [9.17, 15) is 22.8 Å². The molecule has 2 amide bonds. The zero-order chi connectivity index (χ0) is 21.7. The quantitative estimate of drug-likeness (QED) is 0.444. The van der Waals surface area contributed by atoms with E-state index in [0.29, 0.717) is 5.56 Å². The summed E-state index contributed by atoms with van der Waals surface area (Å²) in [5, 5.41) is 4.55. The Hall–Kier alpha value is -3.33. The van der Waals surface area contributed by atoms with Crippen LogP contribution in [-0.2, 0) is 11.0 Å². The molecular weight excluding hydrogens is 465 g/mol. The summed E-state index contributed by atoms with van der Waals surface area (Å²) in [4.78, 5) is 24.1. The van der Waals surface area contributed by atoms with Crippen molar-refractivity contribution in [2.45, 2.75) is 6.18 Å². The normalized spacial score (nSPS) is 11.5. The second kappa shape index (κ2) is 9.00. The van der Waals surface area contributed by atoms with Gasteiger partial charge in [0.15, 0.2) is 5.76 Å². The summed E-state index contributed by atoms with van der Waals surface area (Å²) in [6.45, 7) is 0. The molecule has 0 atom stereocenters. The largest absolute Gasteiger partial charge is 0.459 e. The van der Waals surface area contributed by atoms with Gasteiger partial charge in [0.05, 0.1) is 17.5 Å². The number of anilines is 2. The number of carbonyl (C=O) groups is 2. The van der Waals surface area contributed by atoms with Gasteiger partial charge in [-0.15, -0.1) is 0 Å². The fourth-order valence-electron chi connectivity index (χ4n) is 2.52. The van der Waals surface area contributed by atoms with Crippen molar-refractivity contribution in [1.29, 1.82) is 0 Å². The molecule has 3 aromatic rings. The molecule has 9 heteroatoms. The van der Waals surface area contributed by atoms with Crippen molar-refractivity contribution in [1.82, 2.24) is 0 Å². The molecular formula is C21H14BrF3N2O3. The Kier molecular flexibility index (Phi) is 6.41. The van der Waals surface area contributed by atoms with Gasteiger partial charge in [0, 0.05) is 16.2 Å². The molecule has 0 fully saturated rings. The summed E-state index contributed by atoms with van der Waals surface area (Å²) >= 11 is 3.30. The van der Waals surface area contributed by atoms with Crippen molar-refractivity contribution >= 4 is 45.2 Å². The van der Waals surface area contributed by atoms with Gasteiger partial charge in [-0.3, -0.25) is 9.59 Å². The number of furan rings is 1. The summed E-state index contributed by atoms with van der Waals surface area (Å²) in [5.41, 5.74) is -0.913. The molecule has 3 rings (SSSR count). The summed E-state index contributed by atoms with van der Waals surface area (Å²) < 4.78 is 46.1. The Morgan fingerprint density at radius 3 is 2.47 bits per heavy atom. The monoisotopic (exact) mass is 478 g/mol. The molecule has 0 unspecified atom stereocenters. The fraction of sp³-hybridized carbons (Fsp3) is 0.0476. The maximum Gasteiger partial charge on any atom is 0.418 e. The van der Waals surface area contributed by atoms with E-state index >= 15 is 0 Å². The van der Waals surface area contributed by atoms with Crippen LogP contribution < -0.4 is 10.6 Å². The standard InChI is InChI=1S/C21H14BrF3N2O3/c22-14-4-1-3-13(11-14)6-9-19(28)27-17-8-7-15(12-16(17)21(23,24)25)26-20(29)18-5-2-10-30-18/h1-12H,(H,26,29)(H,27,28)/b9-6+. The lowest BCUT2D eigenvalue weighted by atomic mass is 10.1. The number of nitrogens with one attached hydrogen (secondary N) is 2. The van der Waals surface area contributed by atoms with E-state index in [2.05, 4.69) is 26.6 Å². The highest BCUT2D eigenvalue weighted by Gasteiger charge is 2.34. The van der Waals surface area contributed by atoms with Crippen molar-refractivity contribution < 1.29 is 27.2 Å². The fourth-order valence-corrected chi connectivity index (χ4v) is 2.94. The van der Waals surface area contributed by atoms with Crippen LogP contribution in [0.4, 0.5) is 24.5 Å². The number of alkyl halides is 3. The third-order valence-corrected chi connectivity index (χ3v) is 4.35. The lowest BCUT2D eigenvalue weighted by molar-refractivity contribution is -0.136. The molecule has 0 radical (unpaired) electrons. The molecule has 0 aliphatic rings. The van der Waals surface area contributed by atoms with Crippen molar-refractivity contribution in [3.05, 3.63) is 88.3 Å². The van der Waals surface area contributed by atoms with Crippen molar-refractivity contribution in [2.75, 3.05) is 10.6 Å². The van der Waals surface area contributed by atoms with Crippen molar-refractivity contribution in [2.24, 2.45) is 0 Å². The van der Waals surface area contributed by atoms with E-state index in [4.69, 9.17) is 4.42 Å². The Morgan fingerprint density at radius 1 is 1.00 bits per heavy atom. The first-order valence-corrected chi connectivity index (χ1v) is 9.32. The highest BCUT2D eigenvalue weighted by Crippen LogP contribution is 2.36. The molecule has 2 N–H and O–H groups in total. The molecule has 0 saturated carbocycles. The van der Waals surface area contributed by atoms with Crippen LogP contribution in [0.2, 0.25) is 0 Å². The van der Waals surface area contributed by atoms with E-state index in [1.807, 2.05) is 0 Å². The van der Waals surface area contributed by atoms with E-state index in [-0.39, 0.29) is 11.4 Å². The summed E-state index contributed by atoms with van der Waals surface area (Å²) in [6.07, 6.45) is -0.863. The molecule has 2 aromatic carbocycles. The molecule has 154 valence electrons. The minimum Gasteiger partial charge on any atom is -0.459 e. The van der Waals surface area contributed by atoms with Crippen LogP contribution in [-0.4, -0.2) is 11.8 Å². The minimum absolute atomic E-state index is 0.0429. The number of amides is 2. The van der Waals surface area contributed by atoms with Gasteiger partial charge < -0.3 is 15.1 Å². The second-order valence-electron chi connectivity index (χ2n) is 6.07. The lowest BCUT2D eigenvalue weighted by Crippen LogP contribution is -2.16. The zero-order valence-corrected chi connectivity index (χ0v) is 16.8. The van der Waals surface area contributed by atoms with Gasteiger partial charge in [-0.25, -0.2) is 0 Å². The van der Waals surface area contributed by atoms with Gasteiger partial charge in [0.1, 0.15) is 0 Å². The van der Waals surface area contributed by atoms with Gasteiger partial charge in [-0.1, -0.05) is 28.1 Å². The first-order chi connectivity index (χ1) is 14.2. The summed E-state index contributed by atoms with van der Waals surface area (Å²) in [7, 11) is 0. The van der Waals surface area contributed by atoms with Crippen molar-refractivity contribution in [3.63, 3.8) is 0 Å². The van der Waals surface area contributed by atoms with Crippen LogP contribution in [0.25, 0.3) is 6.08 Å². The average Bonchev–Trinajstić information content (AvgIpc) is 3.22. The molecule has 0 bridgehead atoms. The second-order valence-corrected chi connectivity index (χ2v) is 6.98. The summed E-state index contributed by atoms with van der Waals surface area (Å²) in [6, 6.07) is 13.0. The minimum atomic E-state index is -4.75. The third kappa shape index (κ3) is 5.60. The van der Waals surface area contributed by atoms with Gasteiger partial charge in [-0.05, 0) is 54.1 Å². The molecule has 0 spiro atoms. The Bertz CT molecular complexity index is 1090. The topological polar surface area (TPSA) is 71.3 Å². The van der Waals surface area contributed by atoms with Crippen LogP contribution in [0, 0.1) is 0 Å². The van der Waals surface area contributed by atoms with E-state index in [1.54, 1.807) is 24.3 Å². The van der Waals surface area contributed by atoms with Gasteiger partial charge in [-0.2, -0.15) is 13.2 Å². The van der Waals surface area contributed by atoms with Crippen LogP contribution in [0.3, 0.4) is 0 Å². The summed E-state index contributed by atoms with van der Waals surface area (Å²) in [5.74, 6) is -1.46. The van der Waals surface area contributed by atoms with Gasteiger partial charge >= 0.3 is 6.18 Å². The first kappa shape index (κ1) is 21.4. The Balaban J connectivity index is 1.78. The van der Waals surface area contributed by atoms with Gasteiger partial charge in [0.2, 0.25) is 5.91 Å². The smallest absolute Gasteiger partial charge is 0.418 e. The molecule has 1 aromatic heterocycles. The number of benzene rings is 2. The van der Waals surface area contributed by atoms with Crippen LogP contribution in [0.15, 0.2) is 75.8 Å². The van der Waals surface area contributed by atoms with Crippen LogP contribution in [0.1, 0.15) is 21.7 Å². The molecule has 5 nitrogen and oxygen atoms in total. The van der Waals surface area contributed by atoms with E-state index < -0.39 is 29.2 Å². The van der Waals surface area contributed by atoms with Crippen LogP contribution >= 0.6 is 15.9 Å². The predicted molar refractivity (Wildman–Crippen MR) is 110 cm³/mol. The number of halogens is 4. The predicted octanol–water partition coefficient (Wildman–Crippen LogP) is 5.97. The van der Waals surface area contributed by atoms with Crippen LogP contribution in [0.5, 0.6) is 0 Å². The van der Waals surface area contributed by atoms with E-state index in [0.717, 1.165) is 22.7 Å². The molecule has 0 saturated heterocycles. The SMILES string of the molecule is O=C(/C=C/c1cccc(Br)c1)Nc1ccc(NC(=O)c2ccco2)cc1C(F)(F)F. The average molecular weight is 479 g/mol. The van der Waals surface area contributed by atoms with Gasteiger partial charge in [0.25, 0.3) is 5.91 Å². The number of hydrogen-bond donors (Lipinski definition) is 2. The maximum atomic E-state index is 13.5. The maximum absolute atomic E-state index is 13.5. The zero-order valence-electron chi connectivity index (χ0n) is 15.2. The van der Waals surface area contributed by atoms with Crippen molar-refractivity contribution in [3.8, 4) is 0 Å².